The second kappa shape index (κ2) is 4.67. The topological polar surface area (TPSA) is 46.5 Å². The zero-order valence-corrected chi connectivity index (χ0v) is 9.00. The molecule has 0 spiro atoms. The molecule has 0 aliphatic heterocycles. The third-order valence-electron chi connectivity index (χ3n) is 1.58. The minimum absolute atomic E-state index is 0.452. The maximum Gasteiger partial charge on any atom is 0.456 e. The number of benzene rings is 1. The Kier molecular flexibility index (Phi) is 3.76. The Morgan fingerprint density at radius 3 is 2.40 bits per heavy atom. The fourth-order valence-corrected chi connectivity index (χ4v) is 1.08. The molecule has 0 amide bonds. The minimum Gasteiger partial charge on any atom is -0.475 e. The molecular weight excluding hydrogens is 274 g/mol. The van der Waals surface area contributed by atoms with Gasteiger partial charge in [0.2, 0.25) is 0 Å². The lowest BCUT2D eigenvalue weighted by Crippen LogP contribution is -2.31. The van der Waals surface area contributed by atoms with E-state index in [1.165, 1.54) is 0 Å². The molecule has 0 unspecified atom stereocenters. The number of aliphatic carboxylic acids is 1. The van der Waals surface area contributed by atoms with E-state index in [1.54, 1.807) is 24.3 Å². The monoisotopic (exact) mass is 280 g/mol. The number of carboxylic acid groups (broad SMARTS) is 1. The van der Waals surface area contributed by atoms with Gasteiger partial charge < -0.3 is 9.84 Å². The van der Waals surface area contributed by atoms with Gasteiger partial charge in [-0.05, 0) is 17.7 Å². The third kappa shape index (κ3) is 3.56. The summed E-state index contributed by atoms with van der Waals surface area (Å²) in [4.78, 5) is 10.0. The lowest BCUT2D eigenvalue weighted by atomic mass is 10.2. The first kappa shape index (κ1) is 12.1. The first-order valence-electron chi connectivity index (χ1n) is 3.91. The van der Waals surface area contributed by atoms with Gasteiger partial charge in [0.1, 0.15) is 0 Å². The van der Waals surface area contributed by atoms with E-state index in [-0.39, 0.29) is 0 Å². The summed E-state index contributed by atoms with van der Waals surface area (Å²) in [7, 11) is 0. The van der Waals surface area contributed by atoms with Crippen molar-refractivity contribution < 1.29 is 23.4 Å². The van der Waals surface area contributed by atoms with Crippen LogP contribution in [0.2, 0.25) is 0 Å². The SMILES string of the molecule is O=C(O)C(F)(F)OCc1ccc(Br)cc1. The number of hydrogen-bond acceptors (Lipinski definition) is 2. The van der Waals surface area contributed by atoms with E-state index in [0.717, 1.165) is 4.47 Å². The highest BCUT2D eigenvalue weighted by Gasteiger charge is 2.40. The molecule has 0 fully saturated rings. The third-order valence-corrected chi connectivity index (χ3v) is 2.11. The van der Waals surface area contributed by atoms with E-state index in [2.05, 4.69) is 20.7 Å². The van der Waals surface area contributed by atoms with Crippen molar-refractivity contribution in [2.45, 2.75) is 12.7 Å². The van der Waals surface area contributed by atoms with Crippen LogP contribution in [0.25, 0.3) is 0 Å². The normalized spacial score (nSPS) is 11.4. The van der Waals surface area contributed by atoms with Gasteiger partial charge in [-0.2, -0.15) is 8.78 Å². The average molecular weight is 281 g/mol. The number of halogens is 3. The van der Waals surface area contributed by atoms with Crippen molar-refractivity contribution in [1.29, 1.82) is 0 Å². The van der Waals surface area contributed by atoms with Crippen LogP contribution in [-0.2, 0) is 16.1 Å². The average Bonchev–Trinajstić information content (AvgIpc) is 2.17. The Morgan fingerprint density at radius 1 is 1.40 bits per heavy atom. The quantitative estimate of drug-likeness (QED) is 0.922. The van der Waals surface area contributed by atoms with Crippen LogP contribution < -0.4 is 0 Å². The molecule has 0 atom stereocenters. The fourth-order valence-electron chi connectivity index (χ4n) is 0.816. The Bertz CT molecular complexity index is 351. The van der Waals surface area contributed by atoms with E-state index >= 15 is 0 Å². The number of ether oxygens (including phenoxy) is 1. The van der Waals surface area contributed by atoms with Crippen molar-refractivity contribution in [2.24, 2.45) is 0 Å². The first-order chi connectivity index (χ1) is 6.92. The molecule has 0 aromatic heterocycles. The van der Waals surface area contributed by atoms with Gasteiger partial charge in [-0.3, -0.25) is 0 Å². The molecule has 0 heterocycles. The summed E-state index contributed by atoms with van der Waals surface area (Å²) < 4.78 is 29.7. The van der Waals surface area contributed by atoms with E-state index in [0.29, 0.717) is 5.56 Å². The maximum absolute atomic E-state index is 12.5. The van der Waals surface area contributed by atoms with Gasteiger partial charge in [0.25, 0.3) is 0 Å². The molecule has 1 N–H and O–H groups in total. The van der Waals surface area contributed by atoms with E-state index in [1.807, 2.05) is 0 Å². The van der Waals surface area contributed by atoms with Crippen molar-refractivity contribution in [3.63, 3.8) is 0 Å². The number of rotatable bonds is 4. The molecule has 0 radical (unpaired) electrons. The number of carboxylic acids is 1. The molecule has 0 bridgehead atoms. The molecule has 15 heavy (non-hydrogen) atoms. The molecule has 6 heteroatoms. The van der Waals surface area contributed by atoms with E-state index < -0.39 is 18.7 Å². The summed E-state index contributed by atoms with van der Waals surface area (Å²) in [6.07, 6.45) is -4.15. The van der Waals surface area contributed by atoms with Gasteiger partial charge in [-0.15, -0.1) is 0 Å². The number of hydrogen-bond donors (Lipinski definition) is 1. The molecule has 3 nitrogen and oxygen atoms in total. The predicted molar refractivity (Wildman–Crippen MR) is 51.5 cm³/mol. The largest absolute Gasteiger partial charge is 0.475 e. The van der Waals surface area contributed by atoms with Gasteiger partial charge in [0.05, 0.1) is 6.61 Å². The summed E-state index contributed by atoms with van der Waals surface area (Å²) >= 11 is 3.18. The van der Waals surface area contributed by atoms with Crippen LogP contribution in [0, 0.1) is 0 Å². The minimum atomic E-state index is -4.15. The summed E-state index contributed by atoms with van der Waals surface area (Å²) in [5.41, 5.74) is 0.471. The molecule has 1 aromatic carbocycles. The highest BCUT2D eigenvalue weighted by molar-refractivity contribution is 9.10. The summed E-state index contributed by atoms with van der Waals surface area (Å²) in [5.74, 6) is -2.29. The molecule has 1 aromatic rings. The molecule has 0 aliphatic carbocycles. The summed E-state index contributed by atoms with van der Waals surface area (Å²) in [6, 6.07) is 6.42. The van der Waals surface area contributed by atoms with Gasteiger partial charge in [-0.25, -0.2) is 4.79 Å². The Hall–Kier alpha value is -1.01. The van der Waals surface area contributed by atoms with Gasteiger partial charge in [0, 0.05) is 4.47 Å². The van der Waals surface area contributed by atoms with Crippen molar-refractivity contribution in [3.05, 3.63) is 34.3 Å². The highest BCUT2D eigenvalue weighted by Crippen LogP contribution is 2.18. The second-order valence-corrected chi connectivity index (χ2v) is 3.65. The Morgan fingerprint density at radius 2 is 1.93 bits per heavy atom. The number of alkyl halides is 2. The molecular formula is C9H7BrF2O3. The van der Waals surface area contributed by atoms with Crippen molar-refractivity contribution in [3.8, 4) is 0 Å². The van der Waals surface area contributed by atoms with Crippen LogP contribution in [0.5, 0.6) is 0 Å². The smallest absolute Gasteiger partial charge is 0.456 e. The van der Waals surface area contributed by atoms with Gasteiger partial charge in [-0.1, -0.05) is 28.1 Å². The Labute approximate surface area is 92.8 Å². The summed E-state index contributed by atoms with van der Waals surface area (Å²) in [6.45, 7) is -0.452. The summed E-state index contributed by atoms with van der Waals surface area (Å²) in [5, 5.41) is 8.08. The fraction of sp³-hybridized carbons (Fsp3) is 0.222. The van der Waals surface area contributed by atoms with Crippen LogP contribution in [0.1, 0.15) is 5.56 Å². The lowest BCUT2D eigenvalue weighted by Gasteiger charge is -2.11. The van der Waals surface area contributed by atoms with Crippen LogP contribution in [0.3, 0.4) is 0 Å². The zero-order valence-electron chi connectivity index (χ0n) is 7.41. The second-order valence-electron chi connectivity index (χ2n) is 2.74. The van der Waals surface area contributed by atoms with Crippen LogP contribution >= 0.6 is 15.9 Å². The lowest BCUT2D eigenvalue weighted by molar-refractivity contribution is -0.250. The van der Waals surface area contributed by atoms with Crippen LogP contribution in [0.4, 0.5) is 8.78 Å². The molecule has 0 saturated carbocycles. The van der Waals surface area contributed by atoms with Crippen molar-refractivity contribution in [1.82, 2.24) is 0 Å². The molecule has 82 valence electrons. The van der Waals surface area contributed by atoms with Crippen LogP contribution in [0.15, 0.2) is 28.7 Å². The zero-order chi connectivity index (χ0) is 11.5. The van der Waals surface area contributed by atoms with Crippen molar-refractivity contribution in [2.75, 3.05) is 0 Å². The van der Waals surface area contributed by atoms with Gasteiger partial charge >= 0.3 is 12.1 Å². The van der Waals surface area contributed by atoms with E-state index in [9.17, 15) is 13.6 Å². The van der Waals surface area contributed by atoms with Crippen LogP contribution in [-0.4, -0.2) is 17.2 Å². The van der Waals surface area contributed by atoms with E-state index in [4.69, 9.17) is 5.11 Å². The van der Waals surface area contributed by atoms with Crippen molar-refractivity contribution >= 4 is 21.9 Å². The molecule has 1 rings (SSSR count). The molecule has 0 saturated heterocycles. The predicted octanol–water partition coefficient (Wildman–Crippen LogP) is 2.64. The molecule has 0 aliphatic rings. The first-order valence-corrected chi connectivity index (χ1v) is 4.71. The number of carbonyl (C=O) groups is 1. The Balaban J connectivity index is 2.57. The maximum atomic E-state index is 12.5. The highest BCUT2D eigenvalue weighted by atomic mass is 79.9. The van der Waals surface area contributed by atoms with Gasteiger partial charge in [0.15, 0.2) is 0 Å². The standard InChI is InChI=1S/C9H7BrF2O3/c10-7-3-1-6(2-4-7)5-15-9(11,12)8(13)14/h1-4H,5H2,(H,13,14).